The van der Waals surface area contributed by atoms with Gasteiger partial charge in [-0.15, -0.1) is 0 Å². The third-order valence-electron chi connectivity index (χ3n) is 2.37. The third-order valence-corrected chi connectivity index (χ3v) is 2.89. The number of benzene rings is 2. The van der Waals surface area contributed by atoms with Crippen molar-refractivity contribution in [2.75, 3.05) is 0 Å². The fraction of sp³-hybridized carbons (Fsp3) is 0.0714. The summed E-state index contributed by atoms with van der Waals surface area (Å²) in [7, 11) is 0. The summed E-state index contributed by atoms with van der Waals surface area (Å²) in [6.07, 6.45) is 0. The van der Waals surface area contributed by atoms with Gasteiger partial charge in [-0.05, 0) is 35.9 Å². The van der Waals surface area contributed by atoms with E-state index in [2.05, 4.69) is 15.9 Å². The molecule has 2 aromatic rings. The molecule has 0 atom stereocenters. The Morgan fingerprint density at radius 2 is 1.89 bits per heavy atom. The monoisotopic (exact) mass is 306 g/mol. The molecule has 0 fully saturated rings. The Balaban J connectivity index is 1.98. The number of carbonyl (C=O) groups excluding carboxylic acids is 1. The lowest BCUT2D eigenvalue weighted by atomic mass is 10.2. The molecule has 2 aromatic carbocycles. The molecule has 0 radical (unpaired) electrons. The Morgan fingerprint density at radius 1 is 1.17 bits per heavy atom. The van der Waals surface area contributed by atoms with Crippen molar-refractivity contribution < 1.29 is 14.6 Å². The van der Waals surface area contributed by atoms with Gasteiger partial charge in [-0.1, -0.05) is 34.1 Å². The van der Waals surface area contributed by atoms with Crippen LogP contribution < -0.4 is 0 Å². The first-order valence-corrected chi connectivity index (χ1v) is 6.15. The van der Waals surface area contributed by atoms with E-state index in [1.165, 1.54) is 12.1 Å². The average molecular weight is 307 g/mol. The molecule has 0 bridgehead atoms. The highest BCUT2D eigenvalue weighted by molar-refractivity contribution is 9.10. The molecule has 0 aromatic heterocycles. The fourth-order valence-corrected chi connectivity index (χ4v) is 1.71. The first kappa shape index (κ1) is 12.6. The van der Waals surface area contributed by atoms with Crippen molar-refractivity contribution in [1.29, 1.82) is 0 Å². The van der Waals surface area contributed by atoms with E-state index >= 15 is 0 Å². The standard InChI is InChI=1S/C14H11BrO3/c15-12-6-4-10(5-7-12)9-18-14(17)11-2-1-3-13(16)8-11/h1-8,16H,9H2. The molecule has 4 heteroatoms. The van der Waals surface area contributed by atoms with Crippen LogP contribution in [0.5, 0.6) is 5.75 Å². The molecule has 0 unspecified atom stereocenters. The van der Waals surface area contributed by atoms with Crippen LogP contribution in [0.2, 0.25) is 0 Å². The van der Waals surface area contributed by atoms with E-state index in [-0.39, 0.29) is 12.4 Å². The van der Waals surface area contributed by atoms with Gasteiger partial charge in [-0.25, -0.2) is 4.79 Å². The van der Waals surface area contributed by atoms with Crippen molar-refractivity contribution in [3.8, 4) is 5.75 Å². The van der Waals surface area contributed by atoms with Crippen LogP contribution in [0.1, 0.15) is 15.9 Å². The normalized spacial score (nSPS) is 10.1. The van der Waals surface area contributed by atoms with E-state index in [4.69, 9.17) is 4.74 Å². The molecule has 0 aliphatic carbocycles. The van der Waals surface area contributed by atoms with Gasteiger partial charge in [0.25, 0.3) is 0 Å². The van der Waals surface area contributed by atoms with Crippen LogP contribution in [0.3, 0.4) is 0 Å². The van der Waals surface area contributed by atoms with Gasteiger partial charge in [-0.2, -0.15) is 0 Å². The summed E-state index contributed by atoms with van der Waals surface area (Å²) in [6, 6.07) is 13.6. The molecule has 0 aliphatic heterocycles. The predicted octanol–water partition coefficient (Wildman–Crippen LogP) is 3.51. The first-order chi connectivity index (χ1) is 8.65. The van der Waals surface area contributed by atoms with Gasteiger partial charge in [0.2, 0.25) is 0 Å². The number of phenols is 1. The number of hydrogen-bond acceptors (Lipinski definition) is 3. The maximum Gasteiger partial charge on any atom is 0.338 e. The maximum absolute atomic E-state index is 11.7. The lowest BCUT2D eigenvalue weighted by Gasteiger charge is -2.05. The second-order valence-corrected chi connectivity index (χ2v) is 4.67. The Morgan fingerprint density at radius 3 is 2.56 bits per heavy atom. The smallest absolute Gasteiger partial charge is 0.338 e. The van der Waals surface area contributed by atoms with E-state index in [9.17, 15) is 9.90 Å². The summed E-state index contributed by atoms with van der Waals surface area (Å²) in [5.41, 5.74) is 1.25. The van der Waals surface area contributed by atoms with Gasteiger partial charge in [-0.3, -0.25) is 0 Å². The summed E-state index contributed by atoms with van der Waals surface area (Å²) >= 11 is 3.33. The van der Waals surface area contributed by atoms with Gasteiger partial charge in [0.05, 0.1) is 5.56 Å². The molecule has 92 valence electrons. The van der Waals surface area contributed by atoms with Gasteiger partial charge < -0.3 is 9.84 Å². The number of phenolic OH excluding ortho intramolecular Hbond substituents is 1. The highest BCUT2D eigenvalue weighted by atomic mass is 79.9. The summed E-state index contributed by atoms with van der Waals surface area (Å²) in [4.78, 5) is 11.7. The number of hydrogen-bond donors (Lipinski definition) is 1. The molecule has 0 heterocycles. The highest BCUT2D eigenvalue weighted by Gasteiger charge is 2.07. The number of esters is 1. The van der Waals surface area contributed by atoms with Crippen molar-refractivity contribution in [2.45, 2.75) is 6.61 Å². The Kier molecular flexibility index (Phi) is 3.99. The largest absolute Gasteiger partial charge is 0.508 e. The second-order valence-electron chi connectivity index (χ2n) is 3.75. The van der Waals surface area contributed by atoms with Crippen LogP contribution in [0.15, 0.2) is 53.0 Å². The zero-order valence-electron chi connectivity index (χ0n) is 9.47. The van der Waals surface area contributed by atoms with Crippen LogP contribution in [0.25, 0.3) is 0 Å². The Bertz CT molecular complexity index is 549. The first-order valence-electron chi connectivity index (χ1n) is 5.36. The van der Waals surface area contributed by atoms with Gasteiger partial charge in [0.1, 0.15) is 12.4 Å². The molecule has 0 amide bonds. The van der Waals surface area contributed by atoms with Crippen molar-refractivity contribution in [1.82, 2.24) is 0 Å². The highest BCUT2D eigenvalue weighted by Crippen LogP contribution is 2.14. The van der Waals surface area contributed by atoms with E-state index in [0.717, 1.165) is 10.0 Å². The van der Waals surface area contributed by atoms with Gasteiger partial charge in [0, 0.05) is 4.47 Å². The fourth-order valence-electron chi connectivity index (χ4n) is 1.45. The number of carbonyl (C=O) groups is 1. The number of ether oxygens (including phenoxy) is 1. The quantitative estimate of drug-likeness (QED) is 0.883. The van der Waals surface area contributed by atoms with Gasteiger partial charge >= 0.3 is 5.97 Å². The molecule has 0 saturated heterocycles. The SMILES string of the molecule is O=C(OCc1ccc(Br)cc1)c1cccc(O)c1. The summed E-state index contributed by atoms with van der Waals surface area (Å²) in [5, 5.41) is 9.26. The molecule has 2 rings (SSSR count). The van der Waals surface area contributed by atoms with Gasteiger partial charge in [0.15, 0.2) is 0 Å². The average Bonchev–Trinajstić information content (AvgIpc) is 2.38. The van der Waals surface area contributed by atoms with E-state index < -0.39 is 5.97 Å². The summed E-state index contributed by atoms with van der Waals surface area (Å²) in [5.74, 6) is -0.401. The second kappa shape index (κ2) is 5.69. The van der Waals surface area contributed by atoms with E-state index in [1.54, 1.807) is 12.1 Å². The predicted molar refractivity (Wildman–Crippen MR) is 71.4 cm³/mol. The van der Waals surface area contributed by atoms with Crippen LogP contribution in [-0.2, 0) is 11.3 Å². The molecule has 3 nitrogen and oxygen atoms in total. The van der Waals surface area contributed by atoms with Crippen LogP contribution in [0.4, 0.5) is 0 Å². The molecular formula is C14H11BrO3. The Hall–Kier alpha value is -1.81. The zero-order chi connectivity index (χ0) is 13.0. The third kappa shape index (κ3) is 3.34. The summed E-state index contributed by atoms with van der Waals surface area (Å²) in [6.45, 7) is 0.210. The Labute approximate surface area is 113 Å². The number of aromatic hydroxyl groups is 1. The van der Waals surface area contributed by atoms with Crippen LogP contribution >= 0.6 is 15.9 Å². The minimum Gasteiger partial charge on any atom is -0.508 e. The lowest BCUT2D eigenvalue weighted by Crippen LogP contribution is -2.04. The summed E-state index contributed by atoms with van der Waals surface area (Å²) < 4.78 is 6.12. The molecule has 18 heavy (non-hydrogen) atoms. The molecule has 0 spiro atoms. The molecular weight excluding hydrogens is 296 g/mol. The van der Waals surface area contributed by atoms with E-state index in [0.29, 0.717) is 5.56 Å². The molecule has 0 aliphatic rings. The lowest BCUT2D eigenvalue weighted by molar-refractivity contribution is 0.0472. The van der Waals surface area contributed by atoms with E-state index in [1.807, 2.05) is 24.3 Å². The van der Waals surface area contributed by atoms with Crippen LogP contribution in [-0.4, -0.2) is 11.1 Å². The topological polar surface area (TPSA) is 46.5 Å². The molecule has 1 N–H and O–H groups in total. The number of rotatable bonds is 3. The van der Waals surface area contributed by atoms with Crippen molar-refractivity contribution in [3.63, 3.8) is 0 Å². The minimum absolute atomic E-state index is 0.0492. The minimum atomic E-state index is -0.450. The van der Waals surface area contributed by atoms with Crippen LogP contribution in [0, 0.1) is 0 Å². The van der Waals surface area contributed by atoms with Crippen molar-refractivity contribution >= 4 is 21.9 Å². The molecule has 0 saturated carbocycles. The van der Waals surface area contributed by atoms with Crippen molar-refractivity contribution in [3.05, 3.63) is 64.1 Å². The number of halogens is 1. The maximum atomic E-state index is 11.7. The van der Waals surface area contributed by atoms with Crippen molar-refractivity contribution in [2.24, 2.45) is 0 Å². The zero-order valence-corrected chi connectivity index (χ0v) is 11.1.